The Morgan fingerprint density at radius 2 is 1.95 bits per heavy atom. The summed E-state index contributed by atoms with van der Waals surface area (Å²) in [4.78, 5) is 11.3. The Labute approximate surface area is 114 Å². The smallest absolute Gasteiger partial charge is 0.159 e. The van der Waals surface area contributed by atoms with Crippen molar-refractivity contribution < 1.29 is 13.9 Å². The summed E-state index contributed by atoms with van der Waals surface area (Å²) in [6.45, 7) is 1.44. The van der Waals surface area contributed by atoms with Crippen LogP contribution in [0.5, 0.6) is 11.5 Å². The van der Waals surface area contributed by atoms with Crippen LogP contribution < -0.4 is 10.5 Å². The van der Waals surface area contributed by atoms with E-state index in [1.165, 1.54) is 25.1 Å². The molecular weight excluding hydrogens is 269 g/mol. The fourth-order valence-electron chi connectivity index (χ4n) is 1.52. The predicted octanol–water partition coefficient (Wildman–Crippen LogP) is 4.06. The molecule has 2 aromatic rings. The van der Waals surface area contributed by atoms with Gasteiger partial charge in [-0.15, -0.1) is 0 Å². The Hall–Kier alpha value is -2.07. The van der Waals surface area contributed by atoms with Gasteiger partial charge < -0.3 is 10.5 Å². The number of Topliss-reactive ketones (excluding diaryl/α,β-unsaturated/α-hetero) is 1. The summed E-state index contributed by atoms with van der Waals surface area (Å²) in [5, 5.41) is 0.132. The molecule has 0 heterocycles. The summed E-state index contributed by atoms with van der Waals surface area (Å²) in [6, 6.07) is 8.48. The first-order valence-corrected chi connectivity index (χ1v) is 5.88. The molecule has 0 aliphatic heterocycles. The molecule has 0 aliphatic carbocycles. The maximum absolute atomic E-state index is 12.9. The summed E-state index contributed by atoms with van der Waals surface area (Å²) in [7, 11) is 0. The molecule has 0 bridgehead atoms. The first kappa shape index (κ1) is 13.4. The highest BCUT2D eigenvalue weighted by atomic mass is 35.5. The number of rotatable bonds is 3. The first-order valence-electron chi connectivity index (χ1n) is 5.51. The van der Waals surface area contributed by atoms with E-state index in [4.69, 9.17) is 22.1 Å². The molecule has 5 heteroatoms. The van der Waals surface area contributed by atoms with Crippen molar-refractivity contribution in [3.63, 3.8) is 0 Å². The maximum Gasteiger partial charge on any atom is 0.159 e. The minimum Gasteiger partial charge on any atom is -0.454 e. The lowest BCUT2D eigenvalue weighted by molar-refractivity contribution is 0.101. The molecule has 0 fully saturated rings. The number of carbonyl (C=O) groups is 1. The SMILES string of the molecule is CC(=O)c1ccc(N)c(Oc2ccc(F)cc2Cl)c1. The van der Waals surface area contributed by atoms with E-state index in [9.17, 15) is 9.18 Å². The van der Waals surface area contributed by atoms with Crippen LogP contribution in [0.3, 0.4) is 0 Å². The molecule has 0 saturated carbocycles. The molecular formula is C14H11ClFNO2. The zero-order valence-electron chi connectivity index (χ0n) is 10.1. The quantitative estimate of drug-likeness (QED) is 0.681. The fourth-order valence-corrected chi connectivity index (χ4v) is 1.72. The summed E-state index contributed by atoms with van der Waals surface area (Å²) < 4.78 is 18.4. The van der Waals surface area contributed by atoms with Crippen molar-refractivity contribution in [3.05, 3.63) is 52.8 Å². The number of hydrogen-bond donors (Lipinski definition) is 1. The lowest BCUT2D eigenvalue weighted by Gasteiger charge is -2.10. The number of ketones is 1. The highest BCUT2D eigenvalue weighted by Gasteiger charge is 2.09. The summed E-state index contributed by atoms with van der Waals surface area (Å²) in [6.07, 6.45) is 0. The van der Waals surface area contributed by atoms with Crippen LogP contribution in [0.4, 0.5) is 10.1 Å². The molecule has 2 aromatic carbocycles. The van der Waals surface area contributed by atoms with Gasteiger partial charge in [0.1, 0.15) is 11.6 Å². The number of carbonyl (C=O) groups excluding carboxylic acids is 1. The number of halogens is 2. The first-order chi connectivity index (χ1) is 8.97. The Bertz CT molecular complexity index is 643. The second kappa shape index (κ2) is 5.28. The average Bonchev–Trinajstić information content (AvgIpc) is 2.34. The monoisotopic (exact) mass is 279 g/mol. The average molecular weight is 280 g/mol. The molecule has 0 saturated heterocycles. The van der Waals surface area contributed by atoms with Crippen LogP contribution in [0.2, 0.25) is 5.02 Å². The maximum atomic E-state index is 12.9. The molecule has 0 radical (unpaired) electrons. The predicted molar refractivity (Wildman–Crippen MR) is 72.3 cm³/mol. The van der Waals surface area contributed by atoms with Gasteiger partial charge in [-0.05, 0) is 43.3 Å². The van der Waals surface area contributed by atoms with E-state index >= 15 is 0 Å². The molecule has 19 heavy (non-hydrogen) atoms. The Morgan fingerprint density at radius 1 is 1.21 bits per heavy atom. The molecule has 0 aromatic heterocycles. The molecule has 0 amide bonds. The minimum absolute atomic E-state index is 0.102. The van der Waals surface area contributed by atoms with Gasteiger partial charge in [-0.25, -0.2) is 4.39 Å². The van der Waals surface area contributed by atoms with Crippen LogP contribution in [0.15, 0.2) is 36.4 Å². The molecule has 0 aliphatic rings. The van der Waals surface area contributed by atoms with E-state index in [0.29, 0.717) is 17.0 Å². The van der Waals surface area contributed by atoms with E-state index in [2.05, 4.69) is 0 Å². The Morgan fingerprint density at radius 3 is 2.58 bits per heavy atom. The van der Waals surface area contributed by atoms with Gasteiger partial charge in [-0.3, -0.25) is 4.79 Å². The van der Waals surface area contributed by atoms with Crippen LogP contribution in [-0.4, -0.2) is 5.78 Å². The van der Waals surface area contributed by atoms with Gasteiger partial charge in [0.15, 0.2) is 11.5 Å². The van der Waals surface area contributed by atoms with Gasteiger partial charge in [0.25, 0.3) is 0 Å². The molecule has 0 atom stereocenters. The molecule has 3 nitrogen and oxygen atoms in total. The number of hydrogen-bond acceptors (Lipinski definition) is 3. The van der Waals surface area contributed by atoms with Gasteiger partial charge in [-0.2, -0.15) is 0 Å². The fraction of sp³-hybridized carbons (Fsp3) is 0.0714. The highest BCUT2D eigenvalue weighted by molar-refractivity contribution is 6.32. The van der Waals surface area contributed by atoms with Gasteiger partial charge in [0.05, 0.1) is 10.7 Å². The number of anilines is 1. The number of nitrogen functional groups attached to an aromatic ring is 1. The lowest BCUT2D eigenvalue weighted by atomic mass is 10.1. The normalized spacial score (nSPS) is 10.3. The van der Waals surface area contributed by atoms with E-state index in [1.54, 1.807) is 12.1 Å². The third-order valence-corrected chi connectivity index (χ3v) is 2.83. The van der Waals surface area contributed by atoms with Crippen molar-refractivity contribution >= 4 is 23.1 Å². The molecule has 2 rings (SSSR count). The van der Waals surface area contributed by atoms with Crippen molar-refractivity contribution in [2.75, 3.05) is 5.73 Å². The Kier molecular flexibility index (Phi) is 3.71. The van der Waals surface area contributed by atoms with Crippen molar-refractivity contribution in [3.8, 4) is 11.5 Å². The van der Waals surface area contributed by atoms with Gasteiger partial charge in [0.2, 0.25) is 0 Å². The lowest BCUT2D eigenvalue weighted by Crippen LogP contribution is -1.97. The van der Waals surface area contributed by atoms with E-state index in [-0.39, 0.29) is 16.6 Å². The van der Waals surface area contributed by atoms with Gasteiger partial charge in [-0.1, -0.05) is 11.6 Å². The molecule has 98 valence electrons. The highest BCUT2D eigenvalue weighted by Crippen LogP contribution is 2.33. The third kappa shape index (κ3) is 3.03. The van der Waals surface area contributed by atoms with Crippen molar-refractivity contribution in [2.45, 2.75) is 6.92 Å². The van der Waals surface area contributed by atoms with Gasteiger partial charge >= 0.3 is 0 Å². The molecule has 0 unspecified atom stereocenters. The van der Waals surface area contributed by atoms with Crippen LogP contribution in [-0.2, 0) is 0 Å². The Balaban J connectivity index is 2.37. The van der Waals surface area contributed by atoms with Crippen LogP contribution in [0.25, 0.3) is 0 Å². The van der Waals surface area contributed by atoms with Crippen LogP contribution in [0.1, 0.15) is 17.3 Å². The third-order valence-electron chi connectivity index (χ3n) is 2.53. The zero-order valence-corrected chi connectivity index (χ0v) is 10.9. The largest absolute Gasteiger partial charge is 0.454 e. The van der Waals surface area contributed by atoms with E-state index < -0.39 is 5.82 Å². The van der Waals surface area contributed by atoms with Gasteiger partial charge in [0, 0.05) is 5.56 Å². The van der Waals surface area contributed by atoms with Crippen molar-refractivity contribution in [2.24, 2.45) is 0 Å². The van der Waals surface area contributed by atoms with Crippen LogP contribution >= 0.6 is 11.6 Å². The zero-order chi connectivity index (χ0) is 14.0. The number of nitrogens with two attached hydrogens (primary N) is 1. The minimum atomic E-state index is -0.456. The number of ether oxygens (including phenoxy) is 1. The summed E-state index contributed by atoms with van der Waals surface area (Å²) in [5.74, 6) is 0.0227. The molecule has 0 spiro atoms. The second-order valence-corrected chi connectivity index (χ2v) is 4.39. The van der Waals surface area contributed by atoms with Crippen molar-refractivity contribution in [1.82, 2.24) is 0 Å². The summed E-state index contributed by atoms with van der Waals surface area (Å²) in [5.41, 5.74) is 6.60. The second-order valence-electron chi connectivity index (χ2n) is 3.99. The number of benzene rings is 2. The van der Waals surface area contributed by atoms with E-state index in [0.717, 1.165) is 6.07 Å². The standard InChI is InChI=1S/C14H11ClFNO2/c1-8(18)9-2-4-12(17)14(6-9)19-13-5-3-10(16)7-11(13)15/h2-7H,17H2,1H3. The van der Waals surface area contributed by atoms with E-state index in [1.807, 2.05) is 0 Å². The van der Waals surface area contributed by atoms with Crippen molar-refractivity contribution in [1.29, 1.82) is 0 Å². The van der Waals surface area contributed by atoms with Crippen LogP contribution in [0, 0.1) is 5.82 Å². The summed E-state index contributed by atoms with van der Waals surface area (Å²) >= 11 is 5.86. The molecule has 2 N–H and O–H groups in total. The topological polar surface area (TPSA) is 52.3 Å².